The zero-order valence-corrected chi connectivity index (χ0v) is 18.9. The molecule has 0 bridgehead atoms. The van der Waals surface area contributed by atoms with E-state index < -0.39 is 0 Å². The van der Waals surface area contributed by atoms with Crippen LogP contribution in [0, 0.1) is 0 Å². The molecule has 0 aliphatic rings. The molecule has 0 aliphatic carbocycles. The summed E-state index contributed by atoms with van der Waals surface area (Å²) in [4.78, 5) is 2.09. The lowest BCUT2D eigenvalue weighted by Gasteiger charge is -2.26. The highest BCUT2D eigenvalue weighted by molar-refractivity contribution is 8.11. The summed E-state index contributed by atoms with van der Waals surface area (Å²) in [6, 6.07) is 38.6. The third-order valence-corrected chi connectivity index (χ3v) is 6.50. The van der Waals surface area contributed by atoms with Gasteiger partial charge in [-0.15, -0.1) is 12.6 Å². The van der Waals surface area contributed by atoms with Gasteiger partial charge in [0.15, 0.2) is 0 Å². The summed E-state index contributed by atoms with van der Waals surface area (Å²) >= 11 is 10.4. The Hall–Kier alpha value is -3.40. The van der Waals surface area contributed by atoms with Crippen LogP contribution in [0.2, 0.25) is 0 Å². The predicted octanol–water partition coefficient (Wildman–Crippen LogP) is 8.65. The Morgan fingerprint density at radius 2 is 0.875 bits per heavy atom. The number of anilines is 2. The lowest BCUT2D eigenvalue weighted by atomic mass is 10.00. The molecular formula is C29H19NS2. The molecule has 6 aromatic carbocycles. The molecule has 0 radical (unpaired) electrons. The Morgan fingerprint density at radius 1 is 0.500 bits per heavy atom. The van der Waals surface area contributed by atoms with Gasteiger partial charge in [0.25, 0.3) is 0 Å². The number of thiocarbonyl (C=S) groups is 1. The van der Waals surface area contributed by atoms with Crippen molar-refractivity contribution < 1.29 is 0 Å². The molecule has 32 heavy (non-hydrogen) atoms. The molecule has 0 fully saturated rings. The minimum Gasteiger partial charge on any atom is -0.295 e. The van der Waals surface area contributed by atoms with Crippen LogP contribution < -0.4 is 4.90 Å². The average Bonchev–Trinajstić information content (AvgIpc) is 2.82. The Kier molecular flexibility index (Phi) is 4.60. The summed E-state index contributed by atoms with van der Waals surface area (Å²) in [5.74, 6) is 0. The van der Waals surface area contributed by atoms with Gasteiger partial charge >= 0.3 is 0 Å². The van der Waals surface area contributed by atoms with Crippen LogP contribution in [-0.2, 0) is 0 Å². The molecule has 0 atom stereocenters. The van der Waals surface area contributed by atoms with E-state index in [9.17, 15) is 0 Å². The second-order valence-electron chi connectivity index (χ2n) is 8.01. The van der Waals surface area contributed by atoms with Crippen LogP contribution >= 0.6 is 24.8 Å². The molecule has 0 saturated heterocycles. The van der Waals surface area contributed by atoms with Crippen LogP contribution in [0.5, 0.6) is 0 Å². The number of nitrogens with zero attached hydrogens (tertiary/aromatic N) is 1. The van der Waals surface area contributed by atoms with Gasteiger partial charge in [-0.3, -0.25) is 4.90 Å². The minimum atomic E-state index is 0.520. The van der Waals surface area contributed by atoms with E-state index in [1.54, 1.807) is 0 Å². The van der Waals surface area contributed by atoms with Crippen LogP contribution in [0.15, 0.2) is 109 Å². The van der Waals surface area contributed by atoms with Gasteiger partial charge in [0.1, 0.15) is 4.32 Å². The van der Waals surface area contributed by atoms with Crippen molar-refractivity contribution in [3.05, 3.63) is 109 Å². The smallest absolute Gasteiger partial charge is 0.142 e. The zero-order valence-electron chi connectivity index (χ0n) is 17.2. The molecule has 0 amide bonds. The molecule has 6 aromatic rings. The van der Waals surface area contributed by atoms with Crippen LogP contribution in [0.3, 0.4) is 0 Å². The molecule has 152 valence electrons. The van der Waals surface area contributed by atoms with Crippen molar-refractivity contribution >= 4 is 83.6 Å². The first-order valence-electron chi connectivity index (χ1n) is 10.6. The molecule has 0 heterocycles. The Bertz CT molecular complexity index is 1550. The van der Waals surface area contributed by atoms with E-state index in [0.717, 1.165) is 22.1 Å². The summed E-state index contributed by atoms with van der Waals surface area (Å²) in [6.07, 6.45) is 0. The number of hydrogen-bond donors (Lipinski definition) is 1. The van der Waals surface area contributed by atoms with Gasteiger partial charge in [-0.2, -0.15) is 0 Å². The summed E-state index contributed by atoms with van der Waals surface area (Å²) in [6.45, 7) is 0. The maximum absolute atomic E-state index is 5.69. The summed E-state index contributed by atoms with van der Waals surface area (Å²) in [7, 11) is 0. The van der Waals surface area contributed by atoms with Gasteiger partial charge in [-0.1, -0.05) is 85.0 Å². The normalized spacial score (nSPS) is 11.4. The van der Waals surface area contributed by atoms with E-state index in [0.29, 0.717) is 4.32 Å². The predicted molar refractivity (Wildman–Crippen MR) is 147 cm³/mol. The quantitative estimate of drug-likeness (QED) is 0.161. The summed E-state index contributed by atoms with van der Waals surface area (Å²) in [5, 5.41) is 9.55. The van der Waals surface area contributed by atoms with Crippen molar-refractivity contribution in [2.45, 2.75) is 0 Å². The first-order chi connectivity index (χ1) is 15.7. The van der Waals surface area contributed by atoms with Crippen molar-refractivity contribution in [3.63, 3.8) is 0 Å². The maximum Gasteiger partial charge on any atom is 0.142 e. The largest absolute Gasteiger partial charge is 0.295 e. The third-order valence-electron chi connectivity index (χ3n) is 6.12. The second-order valence-corrected chi connectivity index (χ2v) is 9.13. The number of benzene rings is 6. The molecule has 6 rings (SSSR count). The van der Waals surface area contributed by atoms with Gasteiger partial charge in [0.2, 0.25) is 0 Å². The van der Waals surface area contributed by atoms with Gasteiger partial charge in [0.05, 0.1) is 11.4 Å². The van der Waals surface area contributed by atoms with Crippen molar-refractivity contribution in [1.29, 1.82) is 0 Å². The third kappa shape index (κ3) is 3.13. The van der Waals surface area contributed by atoms with Crippen LogP contribution in [-0.4, -0.2) is 4.32 Å². The van der Waals surface area contributed by atoms with Crippen molar-refractivity contribution in [2.75, 3.05) is 4.90 Å². The highest BCUT2D eigenvalue weighted by Crippen LogP contribution is 2.39. The molecule has 0 aromatic heterocycles. The van der Waals surface area contributed by atoms with E-state index in [4.69, 9.17) is 12.2 Å². The van der Waals surface area contributed by atoms with E-state index in [1.807, 2.05) is 0 Å². The topological polar surface area (TPSA) is 3.24 Å². The maximum atomic E-state index is 5.69. The lowest BCUT2D eigenvalue weighted by Crippen LogP contribution is -2.20. The SMILES string of the molecule is S=C(S)N(c1cccc2cc3ccccc3cc12)c1cccc2cc3ccccc3cc12. The van der Waals surface area contributed by atoms with Crippen LogP contribution in [0.25, 0.3) is 43.1 Å². The van der Waals surface area contributed by atoms with Gasteiger partial charge in [-0.25, -0.2) is 0 Å². The highest BCUT2D eigenvalue weighted by Gasteiger charge is 2.18. The zero-order chi connectivity index (χ0) is 21.7. The number of rotatable bonds is 2. The van der Waals surface area contributed by atoms with Crippen molar-refractivity contribution in [3.8, 4) is 0 Å². The molecule has 0 aliphatic heterocycles. The number of thiol groups is 1. The molecule has 3 heteroatoms. The lowest BCUT2D eigenvalue weighted by molar-refractivity contribution is 1.43. The molecule has 0 unspecified atom stereocenters. The van der Waals surface area contributed by atoms with Gasteiger partial charge < -0.3 is 0 Å². The molecule has 0 saturated carbocycles. The fourth-order valence-corrected chi connectivity index (χ4v) is 5.04. The fourth-order valence-electron chi connectivity index (χ4n) is 4.63. The molecule has 0 spiro atoms. The van der Waals surface area contributed by atoms with E-state index in [1.165, 1.54) is 32.3 Å². The molecule has 0 N–H and O–H groups in total. The van der Waals surface area contributed by atoms with Gasteiger partial charge in [0, 0.05) is 10.8 Å². The summed E-state index contributed by atoms with van der Waals surface area (Å²) < 4.78 is 0.520. The van der Waals surface area contributed by atoms with Crippen LogP contribution in [0.1, 0.15) is 0 Å². The standard InChI is InChI=1S/C29H19NS2/c31-29(32)30(27-13-5-11-23-15-19-7-1-3-9-21(19)17-25(23)27)28-14-6-12-24-16-20-8-2-4-10-22(20)18-26(24)28/h1-18H,(H,31,32). The minimum absolute atomic E-state index is 0.520. The molecular weight excluding hydrogens is 426 g/mol. The van der Waals surface area contributed by atoms with Crippen molar-refractivity contribution in [2.24, 2.45) is 0 Å². The van der Waals surface area contributed by atoms with Crippen molar-refractivity contribution in [1.82, 2.24) is 0 Å². The number of hydrogen-bond acceptors (Lipinski definition) is 1. The monoisotopic (exact) mass is 445 g/mol. The Morgan fingerprint density at radius 3 is 1.28 bits per heavy atom. The van der Waals surface area contributed by atoms with Crippen LogP contribution in [0.4, 0.5) is 11.4 Å². The second kappa shape index (κ2) is 7.63. The van der Waals surface area contributed by atoms with E-state index in [2.05, 4.69) is 127 Å². The molecule has 1 nitrogen and oxygen atoms in total. The average molecular weight is 446 g/mol. The number of fused-ring (bicyclic) bond motifs is 4. The Balaban J connectivity index is 1.65. The summed E-state index contributed by atoms with van der Waals surface area (Å²) in [5.41, 5.74) is 2.07. The first kappa shape index (κ1) is 19.3. The highest BCUT2D eigenvalue weighted by atomic mass is 32.1. The van der Waals surface area contributed by atoms with E-state index >= 15 is 0 Å². The fraction of sp³-hybridized carbons (Fsp3) is 0. The van der Waals surface area contributed by atoms with Gasteiger partial charge in [-0.05, 0) is 68.7 Å². The van der Waals surface area contributed by atoms with E-state index in [-0.39, 0.29) is 0 Å². The first-order valence-corrected chi connectivity index (χ1v) is 11.4. The Labute approximate surface area is 197 Å².